The number of amides is 1. The number of pyridine rings is 1. The van der Waals surface area contributed by atoms with E-state index in [4.69, 9.17) is 11.6 Å². The van der Waals surface area contributed by atoms with Crippen molar-refractivity contribution >= 4 is 28.7 Å². The minimum Gasteiger partial charge on any atom is -0.322 e. The van der Waals surface area contributed by atoms with Gasteiger partial charge >= 0.3 is 0 Å². The van der Waals surface area contributed by atoms with Gasteiger partial charge in [0.2, 0.25) is 0 Å². The Morgan fingerprint density at radius 3 is 2.74 bits per heavy atom. The minimum atomic E-state index is -0.191. The first kappa shape index (κ1) is 11.7. The van der Waals surface area contributed by atoms with Gasteiger partial charge in [-0.3, -0.25) is 4.79 Å². The number of hydrogen-bond acceptors (Lipinski definition) is 2. The van der Waals surface area contributed by atoms with Crippen molar-refractivity contribution < 1.29 is 4.79 Å². The molecule has 4 nitrogen and oxygen atoms in total. The summed E-state index contributed by atoms with van der Waals surface area (Å²) < 4.78 is 1.66. The van der Waals surface area contributed by atoms with E-state index in [-0.39, 0.29) is 5.91 Å². The van der Waals surface area contributed by atoms with Crippen LogP contribution in [0.25, 0.3) is 5.52 Å². The molecule has 0 unspecified atom stereocenters. The molecule has 3 rings (SSSR count). The molecule has 0 aliphatic carbocycles. The number of hydrogen-bond donors (Lipinski definition) is 1. The molecule has 0 fully saturated rings. The van der Waals surface area contributed by atoms with E-state index >= 15 is 0 Å². The van der Waals surface area contributed by atoms with Gasteiger partial charge in [0, 0.05) is 16.9 Å². The van der Waals surface area contributed by atoms with E-state index in [0.717, 1.165) is 5.52 Å². The van der Waals surface area contributed by atoms with Gasteiger partial charge in [0.1, 0.15) is 0 Å². The Bertz CT molecular complexity index is 734. The number of fused-ring (bicyclic) bond motifs is 1. The number of halogens is 1. The zero-order valence-corrected chi connectivity index (χ0v) is 10.6. The highest BCUT2D eigenvalue weighted by molar-refractivity contribution is 6.30. The molecule has 0 saturated carbocycles. The zero-order chi connectivity index (χ0) is 13.2. The van der Waals surface area contributed by atoms with Crippen LogP contribution >= 0.6 is 11.6 Å². The van der Waals surface area contributed by atoms with E-state index < -0.39 is 0 Å². The summed E-state index contributed by atoms with van der Waals surface area (Å²) in [6, 6.07) is 12.6. The monoisotopic (exact) mass is 271 g/mol. The molecule has 1 N–H and O–H groups in total. The number of nitrogens with zero attached hydrogens (tertiary/aromatic N) is 2. The fourth-order valence-electron chi connectivity index (χ4n) is 1.84. The molecular weight excluding hydrogens is 262 g/mol. The van der Waals surface area contributed by atoms with E-state index in [2.05, 4.69) is 10.4 Å². The van der Waals surface area contributed by atoms with Crippen LogP contribution in [0.1, 0.15) is 10.4 Å². The number of nitrogens with one attached hydrogen (secondary N) is 1. The lowest BCUT2D eigenvalue weighted by molar-refractivity contribution is 0.102. The van der Waals surface area contributed by atoms with E-state index in [0.29, 0.717) is 16.3 Å². The number of carbonyl (C=O) groups is 1. The maximum Gasteiger partial charge on any atom is 0.259 e. The fourth-order valence-corrected chi connectivity index (χ4v) is 1.97. The van der Waals surface area contributed by atoms with Gasteiger partial charge in [-0.25, -0.2) is 4.52 Å². The van der Waals surface area contributed by atoms with E-state index in [1.54, 1.807) is 41.2 Å². The highest BCUT2D eigenvalue weighted by Gasteiger charge is 2.12. The van der Waals surface area contributed by atoms with Crippen LogP contribution in [0.3, 0.4) is 0 Å². The SMILES string of the molecule is O=C(Nc1ccc(Cl)cc1)c1cnn2ccccc12. The van der Waals surface area contributed by atoms with Gasteiger partial charge in [-0.05, 0) is 36.4 Å². The van der Waals surface area contributed by atoms with Crippen molar-refractivity contribution in [3.63, 3.8) is 0 Å². The van der Waals surface area contributed by atoms with E-state index in [1.165, 1.54) is 0 Å². The van der Waals surface area contributed by atoms with Crippen molar-refractivity contribution in [3.05, 3.63) is 65.4 Å². The second kappa shape index (κ2) is 4.74. The number of carbonyl (C=O) groups excluding carboxylic acids is 1. The fraction of sp³-hybridized carbons (Fsp3) is 0. The van der Waals surface area contributed by atoms with Gasteiger partial charge in [0.25, 0.3) is 5.91 Å². The smallest absolute Gasteiger partial charge is 0.259 e. The number of aromatic nitrogens is 2. The summed E-state index contributed by atoms with van der Waals surface area (Å²) in [4.78, 5) is 12.2. The maximum absolute atomic E-state index is 12.2. The highest BCUT2D eigenvalue weighted by atomic mass is 35.5. The Kier molecular flexibility index (Phi) is 2.93. The molecule has 0 aliphatic rings. The predicted octanol–water partition coefficient (Wildman–Crippen LogP) is 3.24. The summed E-state index contributed by atoms with van der Waals surface area (Å²) in [5.41, 5.74) is 2.01. The first-order chi connectivity index (χ1) is 9.24. The molecule has 1 aromatic carbocycles. The third kappa shape index (κ3) is 2.30. The first-order valence-electron chi connectivity index (χ1n) is 5.73. The molecule has 5 heteroatoms. The third-order valence-electron chi connectivity index (χ3n) is 2.77. The van der Waals surface area contributed by atoms with Crippen LogP contribution in [0.5, 0.6) is 0 Å². The average molecular weight is 272 g/mol. The largest absolute Gasteiger partial charge is 0.322 e. The second-order valence-corrected chi connectivity index (χ2v) is 4.49. The topological polar surface area (TPSA) is 46.4 Å². The molecular formula is C14H10ClN3O. The molecule has 2 aromatic heterocycles. The molecule has 0 aliphatic heterocycles. The van der Waals surface area contributed by atoms with Crippen LogP contribution in [0.4, 0.5) is 5.69 Å². The summed E-state index contributed by atoms with van der Waals surface area (Å²) in [6.07, 6.45) is 3.36. The van der Waals surface area contributed by atoms with Gasteiger partial charge in [0.05, 0.1) is 17.3 Å². The maximum atomic E-state index is 12.2. The van der Waals surface area contributed by atoms with Crippen molar-refractivity contribution in [3.8, 4) is 0 Å². The molecule has 0 radical (unpaired) electrons. The van der Waals surface area contributed by atoms with Crippen LogP contribution in [-0.2, 0) is 0 Å². The molecule has 3 aromatic rings. The molecule has 0 saturated heterocycles. The van der Waals surface area contributed by atoms with Crippen molar-refractivity contribution in [1.82, 2.24) is 9.61 Å². The van der Waals surface area contributed by atoms with Crippen molar-refractivity contribution in [2.45, 2.75) is 0 Å². The van der Waals surface area contributed by atoms with Crippen molar-refractivity contribution in [1.29, 1.82) is 0 Å². The molecule has 19 heavy (non-hydrogen) atoms. The third-order valence-corrected chi connectivity index (χ3v) is 3.03. The lowest BCUT2D eigenvalue weighted by Gasteiger charge is -2.04. The van der Waals surface area contributed by atoms with E-state index in [9.17, 15) is 4.79 Å². The van der Waals surface area contributed by atoms with Crippen LogP contribution in [0.15, 0.2) is 54.9 Å². The Hall–Kier alpha value is -2.33. The van der Waals surface area contributed by atoms with Crippen molar-refractivity contribution in [2.24, 2.45) is 0 Å². The van der Waals surface area contributed by atoms with Gasteiger partial charge in [-0.1, -0.05) is 17.7 Å². The quantitative estimate of drug-likeness (QED) is 0.778. The Labute approximate surface area is 114 Å². The molecule has 0 spiro atoms. The van der Waals surface area contributed by atoms with Crippen LogP contribution < -0.4 is 5.32 Å². The lowest BCUT2D eigenvalue weighted by atomic mass is 10.2. The number of benzene rings is 1. The highest BCUT2D eigenvalue weighted by Crippen LogP contribution is 2.16. The second-order valence-electron chi connectivity index (χ2n) is 4.05. The molecule has 0 bridgehead atoms. The minimum absolute atomic E-state index is 0.191. The predicted molar refractivity (Wildman–Crippen MR) is 74.6 cm³/mol. The number of anilines is 1. The molecule has 94 valence electrons. The first-order valence-corrected chi connectivity index (χ1v) is 6.11. The molecule has 0 atom stereocenters. The Morgan fingerprint density at radius 1 is 1.16 bits per heavy atom. The van der Waals surface area contributed by atoms with Gasteiger partial charge < -0.3 is 5.32 Å². The summed E-state index contributed by atoms with van der Waals surface area (Å²) in [5, 5.41) is 7.58. The number of rotatable bonds is 2. The van der Waals surface area contributed by atoms with Gasteiger partial charge in [-0.15, -0.1) is 0 Å². The van der Waals surface area contributed by atoms with E-state index in [1.807, 2.05) is 18.2 Å². The standard InChI is InChI=1S/C14H10ClN3O/c15-10-4-6-11(7-5-10)17-14(19)12-9-16-18-8-2-1-3-13(12)18/h1-9H,(H,17,19). The lowest BCUT2D eigenvalue weighted by Crippen LogP contribution is -2.11. The normalized spacial score (nSPS) is 10.6. The Balaban J connectivity index is 1.90. The summed E-state index contributed by atoms with van der Waals surface area (Å²) in [7, 11) is 0. The van der Waals surface area contributed by atoms with Crippen LogP contribution in [0.2, 0.25) is 5.02 Å². The van der Waals surface area contributed by atoms with Crippen LogP contribution in [0, 0.1) is 0 Å². The summed E-state index contributed by atoms with van der Waals surface area (Å²) in [5.74, 6) is -0.191. The van der Waals surface area contributed by atoms with Crippen LogP contribution in [-0.4, -0.2) is 15.5 Å². The van der Waals surface area contributed by atoms with Gasteiger partial charge in [-0.2, -0.15) is 5.10 Å². The van der Waals surface area contributed by atoms with Crippen molar-refractivity contribution in [2.75, 3.05) is 5.32 Å². The molecule has 2 heterocycles. The van der Waals surface area contributed by atoms with Gasteiger partial charge in [0.15, 0.2) is 0 Å². The zero-order valence-electron chi connectivity index (χ0n) is 9.88. The average Bonchev–Trinajstić information content (AvgIpc) is 2.85. The summed E-state index contributed by atoms with van der Waals surface area (Å²) >= 11 is 5.80. The summed E-state index contributed by atoms with van der Waals surface area (Å²) in [6.45, 7) is 0. The Morgan fingerprint density at radius 2 is 1.95 bits per heavy atom. The molecule has 1 amide bonds.